The number of anilines is 1. The molecule has 3 nitrogen and oxygen atoms in total. The van der Waals surface area contributed by atoms with E-state index in [1.165, 1.54) is 4.88 Å². The van der Waals surface area contributed by atoms with Crippen molar-refractivity contribution in [3.05, 3.63) is 34.8 Å². The Balaban J connectivity index is 1.93. The van der Waals surface area contributed by atoms with Crippen LogP contribution in [0, 0.1) is 0 Å². The summed E-state index contributed by atoms with van der Waals surface area (Å²) in [4.78, 5) is 5.65. The van der Waals surface area contributed by atoms with Gasteiger partial charge in [-0.3, -0.25) is 0 Å². The molecule has 0 radical (unpaired) electrons. The van der Waals surface area contributed by atoms with E-state index in [-0.39, 0.29) is 0 Å². The number of hydrogen-bond donors (Lipinski definition) is 1. The lowest BCUT2D eigenvalue weighted by Crippen LogP contribution is -2.19. The highest BCUT2D eigenvalue weighted by Crippen LogP contribution is 2.13. The number of thiophene rings is 1. The number of imidazole rings is 1. The molecule has 15 heavy (non-hydrogen) atoms. The predicted molar refractivity (Wildman–Crippen MR) is 64.3 cm³/mol. The summed E-state index contributed by atoms with van der Waals surface area (Å²) in [5.41, 5.74) is 0. The molecule has 1 N–H and O–H groups in total. The van der Waals surface area contributed by atoms with E-state index in [2.05, 4.69) is 34.7 Å². The largest absolute Gasteiger partial charge is 0.353 e. The summed E-state index contributed by atoms with van der Waals surface area (Å²) in [6, 6.07) is 4.67. The van der Waals surface area contributed by atoms with Crippen LogP contribution in [0.4, 0.5) is 5.95 Å². The van der Waals surface area contributed by atoms with Crippen LogP contribution < -0.4 is 5.32 Å². The minimum Gasteiger partial charge on any atom is -0.353 e. The molecule has 1 unspecified atom stereocenters. The molecule has 0 aromatic carbocycles. The van der Waals surface area contributed by atoms with Gasteiger partial charge in [-0.05, 0) is 18.4 Å². The van der Waals surface area contributed by atoms with Crippen LogP contribution in [0.1, 0.15) is 11.8 Å². The summed E-state index contributed by atoms with van der Waals surface area (Å²) in [7, 11) is 1.99. The van der Waals surface area contributed by atoms with E-state index in [0.29, 0.717) is 6.04 Å². The standard InChI is InChI=1S/C11H15N3S/c1-9(8-10-4-3-7-15-10)13-11-12-5-6-14(11)2/h3-7,9H,8H2,1-2H3,(H,12,13). The lowest BCUT2D eigenvalue weighted by atomic mass is 10.2. The number of hydrogen-bond acceptors (Lipinski definition) is 3. The molecule has 0 aliphatic carbocycles. The van der Waals surface area contributed by atoms with Crippen molar-refractivity contribution in [2.75, 3.05) is 5.32 Å². The van der Waals surface area contributed by atoms with Gasteiger partial charge in [0.15, 0.2) is 0 Å². The Morgan fingerprint density at radius 2 is 2.47 bits per heavy atom. The second kappa shape index (κ2) is 4.49. The minimum absolute atomic E-state index is 0.407. The maximum atomic E-state index is 4.24. The van der Waals surface area contributed by atoms with Gasteiger partial charge in [0.2, 0.25) is 5.95 Å². The highest BCUT2D eigenvalue weighted by Gasteiger charge is 2.06. The molecule has 0 spiro atoms. The molecule has 0 aliphatic heterocycles. The average molecular weight is 221 g/mol. The Bertz CT molecular complexity index is 405. The fourth-order valence-electron chi connectivity index (χ4n) is 1.51. The van der Waals surface area contributed by atoms with Crippen molar-refractivity contribution < 1.29 is 0 Å². The molecule has 2 aromatic heterocycles. The zero-order valence-corrected chi connectivity index (χ0v) is 9.79. The van der Waals surface area contributed by atoms with Crippen molar-refractivity contribution in [2.24, 2.45) is 7.05 Å². The van der Waals surface area contributed by atoms with Gasteiger partial charge >= 0.3 is 0 Å². The molecule has 1 atom stereocenters. The molecule has 0 aliphatic rings. The Morgan fingerprint density at radius 1 is 1.60 bits per heavy atom. The van der Waals surface area contributed by atoms with Crippen LogP contribution in [0.5, 0.6) is 0 Å². The van der Waals surface area contributed by atoms with Gasteiger partial charge in [-0.1, -0.05) is 6.07 Å². The maximum Gasteiger partial charge on any atom is 0.202 e. The van der Waals surface area contributed by atoms with Crippen LogP contribution in [-0.2, 0) is 13.5 Å². The third-order valence-corrected chi connectivity index (χ3v) is 3.18. The van der Waals surface area contributed by atoms with Crippen molar-refractivity contribution in [2.45, 2.75) is 19.4 Å². The van der Waals surface area contributed by atoms with Gasteiger partial charge in [-0.15, -0.1) is 11.3 Å². The van der Waals surface area contributed by atoms with Crippen LogP contribution in [0.2, 0.25) is 0 Å². The fraction of sp³-hybridized carbons (Fsp3) is 0.364. The first-order chi connectivity index (χ1) is 7.25. The van der Waals surface area contributed by atoms with Gasteiger partial charge in [-0.25, -0.2) is 4.98 Å². The summed E-state index contributed by atoms with van der Waals surface area (Å²) in [6.07, 6.45) is 4.80. The van der Waals surface area contributed by atoms with E-state index in [9.17, 15) is 0 Å². The molecule has 2 heterocycles. The van der Waals surface area contributed by atoms with E-state index < -0.39 is 0 Å². The van der Waals surface area contributed by atoms with Crippen LogP contribution >= 0.6 is 11.3 Å². The molecule has 4 heteroatoms. The number of nitrogens with zero attached hydrogens (tertiary/aromatic N) is 2. The van der Waals surface area contributed by atoms with Crippen molar-refractivity contribution in [1.82, 2.24) is 9.55 Å². The summed E-state index contributed by atoms with van der Waals surface area (Å²) in [5.74, 6) is 0.930. The second-order valence-corrected chi connectivity index (χ2v) is 4.72. The van der Waals surface area contributed by atoms with E-state index in [4.69, 9.17) is 0 Å². The SMILES string of the molecule is CC(Cc1cccs1)Nc1nccn1C. The smallest absolute Gasteiger partial charge is 0.202 e. The van der Waals surface area contributed by atoms with Crippen LogP contribution in [0.3, 0.4) is 0 Å². The van der Waals surface area contributed by atoms with Crippen molar-refractivity contribution >= 4 is 17.3 Å². The third-order valence-electron chi connectivity index (χ3n) is 2.28. The molecule has 0 bridgehead atoms. The molecule has 2 rings (SSSR count). The van der Waals surface area contributed by atoms with Crippen LogP contribution in [0.25, 0.3) is 0 Å². The minimum atomic E-state index is 0.407. The molecule has 0 saturated carbocycles. The molecule has 80 valence electrons. The zero-order chi connectivity index (χ0) is 10.7. The summed E-state index contributed by atoms with van der Waals surface area (Å²) in [6.45, 7) is 2.17. The maximum absolute atomic E-state index is 4.24. The summed E-state index contributed by atoms with van der Waals surface area (Å²) in [5, 5.41) is 5.50. The number of aromatic nitrogens is 2. The highest BCUT2D eigenvalue weighted by atomic mass is 32.1. The van der Waals surface area contributed by atoms with E-state index >= 15 is 0 Å². The first-order valence-corrected chi connectivity index (χ1v) is 5.90. The number of rotatable bonds is 4. The van der Waals surface area contributed by atoms with E-state index in [1.807, 2.05) is 17.8 Å². The number of nitrogens with one attached hydrogen (secondary N) is 1. The van der Waals surface area contributed by atoms with Crippen molar-refractivity contribution in [1.29, 1.82) is 0 Å². The average Bonchev–Trinajstić information content (AvgIpc) is 2.79. The van der Waals surface area contributed by atoms with Gasteiger partial charge in [0, 0.05) is 36.8 Å². The van der Waals surface area contributed by atoms with Gasteiger partial charge < -0.3 is 9.88 Å². The fourth-order valence-corrected chi connectivity index (χ4v) is 2.34. The van der Waals surface area contributed by atoms with Gasteiger partial charge in [0.05, 0.1) is 0 Å². The van der Waals surface area contributed by atoms with E-state index in [0.717, 1.165) is 12.4 Å². The predicted octanol–water partition coefficient (Wildman–Crippen LogP) is 2.52. The summed E-state index contributed by atoms with van der Waals surface area (Å²) < 4.78 is 1.99. The first kappa shape index (κ1) is 10.2. The van der Waals surface area contributed by atoms with Gasteiger partial charge in [0.25, 0.3) is 0 Å². The Hall–Kier alpha value is -1.29. The second-order valence-electron chi connectivity index (χ2n) is 3.69. The molecule has 0 saturated heterocycles. The lowest BCUT2D eigenvalue weighted by Gasteiger charge is -2.13. The highest BCUT2D eigenvalue weighted by molar-refractivity contribution is 7.09. The normalized spacial score (nSPS) is 12.7. The Kier molecular flexibility index (Phi) is 3.06. The van der Waals surface area contributed by atoms with Gasteiger partial charge in [0.1, 0.15) is 0 Å². The zero-order valence-electron chi connectivity index (χ0n) is 8.97. The summed E-state index contributed by atoms with van der Waals surface area (Å²) >= 11 is 1.80. The molecule has 2 aromatic rings. The monoisotopic (exact) mass is 221 g/mol. The van der Waals surface area contributed by atoms with E-state index in [1.54, 1.807) is 17.5 Å². The Morgan fingerprint density at radius 3 is 3.07 bits per heavy atom. The topological polar surface area (TPSA) is 29.9 Å². The van der Waals surface area contributed by atoms with Crippen molar-refractivity contribution in [3.63, 3.8) is 0 Å². The lowest BCUT2D eigenvalue weighted by molar-refractivity contribution is 0.769. The molecule has 0 amide bonds. The quantitative estimate of drug-likeness (QED) is 0.859. The molecule has 0 fully saturated rings. The van der Waals surface area contributed by atoms with Crippen molar-refractivity contribution in [3.8, 4) is 0 Å². The Labute approximate surface area is 93.8 Å². The van der Waals surface area contributed by atoms with Gasteiger partial charge in [-0.2, -0.15) is 0 Å². The van der Waals surface area contributed by atoms with Crippen LogP contribution in [0.15, 0.2) is 29.9 Å². The van der Waals surface area contributed by atoms with Crippen LogP contribution in [-0.4, -0.2) is 15.6 Å². The molecular weight excluding hydrogens is 206 g/mol. The molecular formula is C11H15N3S. The first-order valence-electron chi connectivity index (χ1n) is 5.02. The number of aryl methyl sites for hydroxylation is 1. The third kappa shape index (κ3) is 2.59.